The Hall–Kier alpha value is -4.12. The van der Waals surface area contributed by atoms with Crippen molar-refractivity contribution in [3.8, 4) is 17.0 Å². The van der Waals surface area contributed by atoms with Crippen LogP contribution in [0.1, 0.15) is 32.9 Å². The van der Waals surface area contributed by atoms with Crippen LogP contribution in [0.25, 0.3) is 11.3 Å². The molecule has 2 aromatic carbocycles. The summed E-state index contributed by atoms with van der Waals surface area (Å²) < 4.78 is 32.6. The normalized spacial score (nSPS) is 11.4. The standard InChI is InChI=1S/C23H23N5O5S/c1-12-9-13(2)21(29)18(10-12)19-11-20(26-25-19)22(30)24-16-5-7-17(8-6-16)34(31,32)28-23-14(3)15(4)27-33-23/h5-11,28-29H,1-4H3,(H,24,30)(H,25,26). The van der Waals surface area contributed by atoms with Gasteiger partial charge in [0.2, 0.25) is 5.88 Å². The third-order valence-electron chi connectivity index (χ3n) is 5.35. The van der Waals surface area contributed by atoms with Gasteiger partial charge in [0.1, 0.15) is 11.4 Å². The van der Waals surface area contributed by atoms with Crippen LogP contribution in [0.4, 0.5) is 11.6 Å². The number of benzene rings is 2. The molecule has 4 aromatic rings. The third kappa shape index (κ3) is 4.50. The maximum atomic E-state index is 12.6. The molecule has 0 atom stereocenters. The molecule has 1 amide bonds. The number of amides is 1. The molecule has 0 fully saturated rings. The van der Waals surface area contributed by atoms with E-state index in [0.29, 0.717) is 33.8 Å². The minimum absolute atomic E-state index is 0.00642. The van der Waals surface area contributed by atoms with Gasteiger partial charge in [0.05, 0.1) is 16.3 Å². The highest BCUT2D eigenvalue weighted by molar-refractivity contribution is 7.92. The molecule has 4 N–H and O–H groups in total. The van der Waals surface area contributed by atoms with Crippen molar-refractivity contribution in [1.29, 1.82) is 0 Å². The van der Waals surface area contributed by atoms with E-state index in [9.17, 15) is 18.3 Å². The lowest BCUT2D eigenvalue weighted by Crippen LogP contribution is -2.14. The highest BCUT2D eigenvalue weighted by Crippen LogP contribution is 2.32. The van der Waals surface area contributed by atoms with Gasteiger partial charge in [-0.05, 0) is 75.2 Å². The monoisotopic (exact) mass is 481 g/mol. The van der Waals surface area contributed by atoms with Gasteiger partial charge >= 0.3 is 0 Å². The van der Waals surface area contributed by atoms with Crippen molar-refractivity contribution in [2.24, 2.45) is 0 Å². The van der Waals surface area contributed by atoms with Crippen LogP contribution in [0.5, 0.6) is 5.75 Å². The third-order valence-corrected chi connectivity index (χ3v) is 6.70. The largest absolute Gasteiger partial charge is 0.507 e. The van der Waals surface area contributed by atoms with E-state index < -0.39 is 15.9 Å². The molecule has 0 bridgehead atoms. The van der Waals surface area contributed by atoms with Gasteiger partial charge in [0.25, 0.3) is 15.9 Å². The molecule has 11 heteroatoms. The zero-order chi connectivity index (χ0) is 24.6. The highest BCUT2D eigenvalue weighted by atomic mass is 32.2. The van der Waals surface area contributed by atoms with Crippen molar-refractivity contribution in [2.75, 3.05) is 10.0 Å². The molecule has 4 rings (SSSR count). The van der Waals surface area contributed by atoms with Crippen LogP contribution < -0.4 is 10.0 Å². The van der Waals surface area contributed by atoms with Crippen LogP contribution in [-0.2, 0) is 10.0 Å². The summed E-state index contributed by atoms with van der Waals surface area (Å²) in [6, 6.07) is 10.8. The highest BCUT2D eigenvalue weighted by Gasteiger charge is 2.20. The van der Waals surface area contributed by atoms with E-state index in [2.05, 4.69) is 25.4 Å². The zero-order valence-electron chi connectivity index (χ0n) is 18.9. The number of aromatic nitrogens is 3. The molecule has 0 aliphatic heterocycles. The van der Waals surface area contributed by atoms with E-state index in [4.69, 9.17) is 4.52 Å². The maximum absolute atomic E-state index is 12.6. The Morgan fingerprint density at radius 1 is 1.06 bits per heavy atom. The molecular formula is C23H23N5O5S. The number of aryl methyl sites for hydroxylation is 3. The van der Waals surface area contributed by atoms with Crippen molar-refractivity contribution in [1.82, 2.24) is 15.4 Å². The number of phenolic OH excluding ortho intramolecular Hbond substituents is 1. The first-order valence-corrected chi connectivity index (χ1v) is 11.8. The average Bonchev–Trinajstić information content (AvgIpc) is 3.39. The van der Waals surface area contributed by atoms with Crippen molar-refractivity contribution in [2.45, 2.75) is 32.6 Å². The maximum Gasteiger partial charge on any atom is 0.273 e. The molecule has 2 aromatic heterocycles. The Morgan fingerprint density at radius 2 is 1.76 bits per heavy atom. The molecule has 0 aliphatic carbocycles. The first-order chi connectivity index (χ1) is 16.0. The molecule has 10 nitrogen and oxygen atoms in total. The van der Waals surface area contributed by atoms with Gasteiger partial charge in [-0.25, -0.2) is 13.1 Å². The van der Waals surface area contributed by atoms with E-state index in [1.54, 1.807) is 26.8 Å². The van der Waals surface area contributed by atoms with Crippen LogP contribution in [0, 0.1) is 27.7 Å². The van der Waals surface area contributed by atoms with Crippen molar-refractivity contribution in [3.63, 3.8) is 0 Å². The van der Waals surface area contributed by atoms with Crippen LogP contribution >= 0.6 is 0 Å². The number of nitrogens with zero attached hydrogens (tertiary/aromatic N) is 2. The van der Waals surface area contributed by atoms with Gasteiger partial charge in [-0.3, -0.25) is 9.89 Å². The van der Waals surface area contributed by atoms with E-state index in [-0.39, 0.29) is 22.2 Å². The van der Waals surface area contributed by atoms with E-state index in [1.165, 1.54) is 30.3 Å². The Bertz CT molecular complexity index is 1490. The second kappa shape index (κ2) is 8.67. The molecule has 176 valence electrons. The predicted octanol–water partition coefficient (Wildman–Crippen LogP) is 4.06. The second-order valence-corrected chi connectivity index (χ2v) is 9.63. The summed E-state index contributed by atoms with van der Waals surface area (Å²) in [5.74, 6) is -0.311. The number of aromatic amines is 1. The number of anilines is 2. The zero-order valence-corrected chi connectivity index (χ0v) is 19.7. The molecule has 0 aliphatic rings. The number of hydrogen-bond donors (Lipinski definition) is 4. The lowest BCUT2D eigenvalue weighted by molar-refractivity contribution is 0.102. The number of rotatable bonds is 6. The van der Waals surface area contributed by atoms with Gasteiger partial charge < -0.3 is 14.9 Å². The first-order valence-electron chi connectivity index (χ1n) is 10.3. The number of sulfonamides is 1. The molecule has 0 radical (unpaired) electrons. The van der Waals surface area contributed by atoms with E-state index >= 15 is 0 Å². The number of carbonyl (C=O) groups is 1. The van der Waals surface area contributed by atoms with Crippen molar-refractivity contribution < 1.29 is 22.8 Å². The van der Waals surface area contributed by atoms with Gasteiger partial charge in [-0.15, -0.1) is 0 Å². The van der Waals surface area contributed by atoms with Crippen molar-refractivity contribution >= 4 is 27.5 Å². The summed E-state index contributed by atoms with van der Waals surface area (Å²) in [5.41, 5.74) is 4.38. The molecule has 0 saturated heterocycles. The Labute approximate surface area is 196 Å². The Balaban J connectivity index is 1.48. The minimum Gasteiger partial charge on any atom is -0.507 e. The SMILES string of the molecule is Cc1cc(C)c(O)c(-c2cc(C(=O)Nc3ccc(S(=O)(=O)Nc4onc(C)c4C)cc3)[nH]n2)c1. The molecule has 2 heterocycles. The molecule has 34 heavy (non-hydrogen) atoms. The lowest BCUT2D eigenvalue weighted by Gasteiger charge is -2.08. The summed E-state index contributed by atoms with van der Waals surface area (Å²) in [4.78, 5) is 12.6. The summed E-state index contributed by atoms with van der Waals surface area (Å²) in [5, 5.41) is 23.6. The number of H-pyrrole nitrogens is 1. The second-order valence-electron chi connectivity index (χ2n) is 7.95. The average molecular weight is 482 g/mol. The number of phenols is 1. The van der Waals surface area contributed by atoms with Crippen LogP contribution in [0.2, 0.25) is 0 Å². The quantitative estimate of drug-likeness (QED) is 0.324. The first kappa shape index (κ1) is 23.1. The Morgan fingerprint density at radius 3 is 2.41 bits per heavy atom. The molecular weight excluding hydrogens is 458 g/mol. The minimum atomic E-state index is -3.89. The van der Waals surface area contributed by atoms with E-state index in [1.807, 2.05) is 13.0 Å². The van der Waals surface area contributed by atoms with Gasteiger partial charge in [0, 0.05) is 16.8 Å². The summed E-state index contributed by atoms with van der Waals surface area (Å²) in [7, 11) is -3.89. The van der Waals surface area contributed by atoms with Gasteiger partial charge in [-0.2, -0.15) is 5.10 Å². The Kier molecular flexibility index (Phi) is 5.88. The number of carbonyl (C=O) groups excluding carboxylic acids is 1. The number of aromatic hydroxyl groups is 1. The van der Waals surface area contributed by atoms with Gasteiger partial charge in [-0.1, -0.05) is 11.2 Å². The number of hydrogen-bond acceptors (Lipinski definition) is 7. The molecule has 0 saturated carbocycles. The van der Waals surface area contributed by atoms with Crippen LogP contribution in [0.3, 0.4) is 0 Å². The lowest BCUT2D eigenvalue weighted by atomic mass is 10.0. The fourth-order valence-electron chi connectivity index (χ4n) is 3.34. The van der Waals surface area contributed by atoms with Crippen molar-refractivity contribution in [3.05, 3.63) is 70.5 Å². The summed E-state index contributed by atoms with van der Waals surface area (Å²) >= 11 is 0. The molecule has 0 unspecified atom stereocenters. The topological polar surface area (TPSA) is 150 Å². The fraction of sp³-hybridized carbons (Fsp3) is 0.174. The molecule has 0 spiro atoms. The predicted molar refractivity (Wildman–Crippen MR) is 126 cm³/mol. The summed E-state index contributed by atoms with van der Waals surface area (Å²) in [6.45, 7) is 7.11. The van der Waals surface area contributed by atoms with E-state index in [0.717, 1.165) is 5.56 Å². The summed E-state index contributed by atoms with van der Waals surface area (Å²) in [6.07, 6.45) is 0. The fourth-order valence-corrected chi connectivity index (χ4v) is 4.39. The van der Waals surface area contributed by atoms with Crippen LogP contribution in [-0.4, -0.2) is 34.8 Å². The smallest absolute Gasteiger partial charge is 0.273 e. The van der Waals surface area contributed by atoms with Crippen LogP contribution in [0.15, 0.2) is 51.9 Å². The van der Waals surface area contributed by atoms with Gasteiger partial charge in [0.15, 0.2) is 0 Å². The number of nitrogens with one attached hydrogen (secondary N) is 3.